The molecule has 0 unspecified atom stereocenters. The Morgan fingerprint density at radius 2 is 1.71 bits per heavy atom. The number of rotatable bonds is 5. The van der Waals surface area contributed by atoms with Gasteiger partial charge in [-0.3, -0.25) is 4.79 Å². The number of halogens is 2. The maximum atomic E-state index is 12.7. The van der Waals surface area contributed by atoms with Gasteiger partial charge in [-0.2, -0.15) is 4.31 Å². The van der Waals surface area contributed by atoms with Gasteiger partial charge in [0, 0.05) is 44.0 Å². The predicted octanol–water partition coefficient (Wildman–Crippen LogP) is 2.20. The van der Waals surface area contributed by atoms with Crippen LogP contribution < -0.4 is 0 Å². The highest BCUT2D eigenvalue weighted by Crippen LogP contribution is 2.28. The molecule has 2 rings (SSSR count). The molecule has 1 aromatic carbocycles. The zero-order valence-corrected chi connectivity index (χ0v) is 15.5. The summed E-state index contributed by atoms with van der Waals surface area (Å²) in [5, 5.41) is 0.399. The lowest BCUT2D eigenvalue weighted by Crippen LogP contribution is -2.50. The van der Waals surface area contributed by atoms with E-state index in [1.54, 1.807) is 4.90 Å². The SMILES string of the molecule is CC(=O)CCC(=O)N1CCN(S(=O)(=O)c2cc(Cl)ccc2Cl)CC1. The maximum absolute atomic E-state index is 12.7. The number of sulfonamides is 1. The number of amides is 1. The van der Waals surface area contributed by atoms with Gasteiger partial charge >= 0.3 is 0 Å². The summed E-state index contributed by atoms with van der Waals surface area (Å²) in [5.41, 5.74) is 0. The molecule has 0 aliphatic carbocycles. The van der Waals surface area contributed by atoms with Crippen molar-refractivity contribution < 1.29 is 18.0 Å². The standard InChI is InChI=1S/C15H18Cl2N2O4S/c1-11(20)2-5-15(21)18-6-8-19(9-7-18)24(22,23)14-10-12(16)3-4-13(14)17/h3-4,10H,2,5-9H2,1H3. The van der Waals surface area contributed by atoms with E-state index in [1.807, 2.05) is 0 Å². The Kier molecular flexibility index (Phi) is 6.25. The van der Waals surface area contributed by atoms with Crippen LogP contribution in [0.5, 0.6) is 0 Å². The summed E-state index contributed by atoms with van der Waals surface area (Å²) in [6, 6.07) is 4.29. The van der Waals surface area contributed by atoms with Gasteiger partial charge in [0.15, 0.2) is 0 Å². The van der Waals surface area contributed by atoms with Gasteiger partial charge in [-0.15, -0.1) is 0 Å². The molecule has 1 aliphatic rings. The van der Waals surface area contributed by atoms with E-state index < -0.39 is 10.0 Å². The van der Waals surface area contributed by atoms with Crippen molar-refractivity contribution in [3.8, 4) is 0 Å². The Morgan fingerprint density at radius 1 is 1.08 bits per heavy atom. The van der Waals surface area contributed by atoms with Gasteiger partial charge in [-0.05, 0) is 25.1 Å². The summed E-state index contributed by atoms with van der Waals surface area (Å²) in [4.78, 5) is 24.5. The second-order valence-corrected chi connectivity index (χ2v) is 8.31. The molecular formula is C15H18Cl2N2O4S. The van der Waals surface area contributed by atoms with E-state index in [-0.39, 0.29) is 65.7 Å². The molecule has 0 aromatic heterocycles. The average molecular weight is 393 g/mol. The van der Waals surface area contributed by atoms with Crippen molar-refractivity contribution in [3.05, 3.63) is 28.2 Å². The molecule has 1 aliphatic heterocycles. The topological polar surface area (TPSA) is 74.8 Å². The Bertz CT molecular complexity index is 744. The largest absolute Gasteiger partial charge is 0.340 e. The fourth-order valence-electron chi connectivity index (χ4n) is 2.43. The van der Waals surface area contributed by atoms with Gasteiger partial charge < -0.3 is 9.69 Å². The fraction of sp³-hybridized carbons (Fsp3) is 0.467. The van der Waals surface area contributed by atoms with Crippen molar-refractivity contribution in [1.29, 1.82) is 0 Å². The monoisotopic (exact) mass is 392 g/mol. The van der Waals surface area contributed by atoms with Crippen LogP contribution in [-0.2, 0) is 19.6 Å². The highest BCUT2D eigenvalue weighted by Gasteiger charge is 2.31. The zero-order chi connectivity index (χ0) is 17.9. The maximum Gasteiger partial charge on any atom is 0.244 e. The quantitative estimate of drug-likeness (QED) is 0.769. The Hall–Kier alpha value is -1.15. The Morgan fingerprint density at radius 3 is 2.29 bits per heavy atom. The first-order valence-corrected chi connectivity index (χ1v) is 9.64. The number of piperazine rings is 1. The molecule has 1 saturated heterocycles. The molecule has 0 saturated carbocycles. The van der Waals surface area contributed by atoms with Crippen molar-refractivity contribution >= 4 is 44.9 Å². The molecule has 1 amide bonds. The van der Waals surface area contributed by atoms with Crippen LogP contribution in [0.4, 0.5) is 0 Å². The van der Waals surface area contributed by atoms with Crippen molar-refractivity contribution in [3.63, 3.8) is 0 Å². The lowest BCUT2D eigenvalue weighted by Gasteiger charge is -2.34. The highest BCUT2D eigenvalue weighted by molar-refractivity contribution is 7.89. The molecule has 132 valence electrons. The minimum atomic E-state index is -3.77. The third-order valence-corrected chi connectivity index (χ3v) is 6.41. The number of carbonyl (C=O) groups excluding carboxylic acids is 2. The van der Waals surface area contributed by atoms with E-state index in [2.05, 4.69) is 0 Å². The van der Waals surface area contributed by atoms with Crippen molar-refractivity contribution in [2.45, 2.75) is 24.7 Å². The molecular weight excluding hydrogens is 375 g/mol. The lowest BCUT2D eigenvalue weighted by molar-refractivity contribution is -0.134. The summed E-state index contributed by atoms with van der Waals surface area (Å²) in [6.45, 7) is 2.36. The fourth-order valence-corrected chi connectivity index (χ4v) is 4.59. The van der Waals surface area contributed by atoms with Crippen molar-refractivity contribution in [2.24, 2.45) is 0 Å². The third kappa shape index (κ3) is 4.47. The lowest BCUT2D eigenvalue weighted by atomic mass is 10.2. The molecule has 24 heavy (non-hydrogen) atoms. The number of nitrogens with zero attached hydrogens (tertiary/aromatic N) is 2. The van der Waals surface area contributed by atoms with Gasteiger partial charge in [-0.25, -0.2) is 8.42 Å². The number of carbonyl (C=O) groups is 2. The van der Waals surface area contributed by atoms with E-state index >= 15 is 0 Å². The van der Waals surface area contributed by atoms with Crippen molar-refractivity contribution in [1.82, 2.24) is 9.21 Å². The number of Topliss-reactive ketones (excluding diaryl/α,β-unsaturated/α-hetero) is 1. The van der Waals surface area contributed by atoms with Gasteiger partial charge in [0.2, 0.25) is 15.9 Å². The van der Waals surface area contributed by atoms with Crippen molar-refractivity contribution in [2.75, 3.05) is 26.2 Å². The first kappa shape index (κ1) is 19.2. The Balaban J connectivity index is 2.04. The van der Waals surface area contributed by atoms with E-state index in [0.717, 1.165) is 0 Å². The summed E-state index contributed by atoms with van der Waals surface area (Å²) in [5.74, 6) is -0.178. The number of hydrogen-bond donors (Lipinski definition) is 0. The Labute approximate surface area is 151 Å². The number of benzene rings is 1. The molecule has 9 heteroatoms. The molecule has 1 fully saturated rings. The molecule has 0 radical (unpaired) electrons. The predicted molar refractivity (Wildman–Crippen MR) is 91.7 cm³/mol. The van der Waals surface area contributed by atoms with Crippen LogP contribution in [-0.4, -0.2) is 55.5 Å². The first-order chi connectivity index (χ1) is 11.2. The van der Waals surface area contributed by atoms with Crippen LogP contribution in [0.3, 0.4) is 0 Å². The van der Waals surface area contributed by atoms with Crippen LogP contribution in [0.2, 0.25) is 10.0 Å². The molecule has 0 N–H and O–H groups in total. The van der Waals surface area contributed by atoms with E-state index in [9.17, 15) is 18.0 Å². The van der Waals surface area contributed by atoms with E-state index in [0.29, 0.717) is 0 Å². The van der Waals surface area contributed by atoms with Gasteiger partial charge in [0.1, 0.15) is 10.7 Å². The average Bonchev–Trinajstić information content (AvgIpc) is 2.54. The van der Waals surface area contributed by atoms with E-state index in [4.69, 9.17) is 23.2 Å². The molecule has 1 aromatic rings. The van der Waals surface area contributed by atoms with Gasteiger partial charge in [-0.1, -0.05) is 23.2 Å². The number of ketones is 1. The van der Waals surface area contributed by atoms with Crippen LogP contribution in [0.15, 0.2) is 23.1 Å². The van der Waals surface area contributed by atoms with Gasteiger partial charge in [0.25, 0.3) is 0 Å². The van der Waals surface area contributed by atoms with Crippen LogP contribution in [0, 0.1) is 0 Å². The zero-order valence-electron chi connectivity index (χ0n) is 13.2. The summed E-state index contributed by atoms with van der Waals surface area (Å²) in [7, 11) is -3.77. The molecule has 1 heterocycles. The van der Waals surface area contributed by atoms with Gasteiger partial charge in [0.05, 0.1) is 5.02 Å². The second-order valence-electron chi connectivity index (χ2n) is 5.56. The molecule has 0 bridgehead atoms. The second kappa shape index (κ2) is 7.82. The minimum absolute atomic E-state index is 0.0342. The van der Waals surface area contributed by atoms with Crippen LogP contribution in [0.25, 0.3) is 0 Å². The van der Waals surface area contributed by atoms with E-state index in [1.165, 1.54) is 29.4 Å². The minimum Gasteiger partial charge on any atom is -0.340 e. The third-order valence-electron chi connectivity index (χ3n) is 3.79. The highest BCUT2D eigenvalue weighted by atomic mass is 35.5. The normalized spacial score (nSPS) is 16.2. The van der Waals surface area contributed by atoms with Crippen LogP contribution >= 0.6 is 23.2 Å². The first-order valence-electron chi connectivity index (χ1n) is 7.44. The van der Waals surface area contributed by atoms with Crippen LogP contribution in [0.1, 0.15) is 19.8 Å². The summed E-state index contributed by atoms with van der Waals surface area (Å²) in [6.07, 6.45) is 0.359. The molecule has 0 atom stereocenters. The molecule has 0 spiro atoms. The summed E-state index contributed by atoms with van der Waals surface area (Å²) < 4.78 is 26.7. The molecule has 6 nitrogen and oxygen atoms in total. The number of hydrogen-bond acceptors (Lipinski definition) is 4. The summed E-state index contributed by atoms with van der Waals surface area (Å²) >= 11 is 11.9. The smallest absolute Gasteiger partial charge is 0.244 e.